The molecule has 0 aliphatic carbocycles. The van der Waals surface area contributed by atoms with Crippen LogP contribution in [0.4, 0.5) is 8.78 Å². The van der Waals surface area contributed by atoms with E-state index >= 15 is 0 Å². The van der Waals surface area contributed by atoms with Crippen molar-refractivity contribution in [2.24, 2.45) is 0 Å². The molecule has 0 saturated carbocycles. The van der Waals surface area contributed by atoms with Crippen LogP contribution in [0.5, 0.6) is 11.8 Å². The highest BCUT2D eigenvalue weighted by molar-refractivity contribution is 6.34. The molecule has 0 aliphatic rings. The van der Waals surface area contributed by atoms with Crippen molar-refractivity contribution in [2.75, 3.05) is 7.11 Å². The number of alkyl halides is 2. The van der Waals surface area contributed by atoms with Crippen LogP contribution in [0.15, 0.2) is 77.7 Å². The van der Waals surface area contributed by atoms with Crippen molar-refractivity contribution in [3.63, 3.8) is 0 Å². The molecule has 7 nitrogen and oxygen atoms in total. The molecule has 0 saturated heterocycles. The number of hydrogen-bond acceptors (Lipinski definition) is 5. The molecule has 0 fully saturated rings. The van der Waals surface area contributed by atoms with Crippen molar-refractivity contribution in [3.05, 3.63) is 99.4 Å². The first kappa shape index (κ1) is 25.2. The fraction of sp³-hybridized carbons (Fsp3) is 0.107. The lowest BCUT2D eigenvalue weighted by Crippen LogP contribution is -2.18. The lowest BCUT2D eigenvalue weighted by molar-refractivity contribution is 0.0599. The first-order valence-electron chi connectivity index (χ1n) is 11.4. The van der Waals surface area contributed by atoms with Gasteiger partial charge in [0.2, 0.25) is 0 Å². The molecule has 0 bridgehead atoms. The summed E-state index contributed by atoms with van der Waals surface area (Å²) in [5.74, 6) is -0.0502. The second-order valence-electron chi connectivity index (χ2n) is 8.48. The number of aryl methyl sites for hydroxylation is 1. The molecule has 0 unspecified atom stereocenters. The van der Waals surface area contributed by atoms with Gasteiger partial charge < -0.3 is 14.5 Å². The van der Waals surface area contributed by atoms with Crippen molar-refractivity contribution in [2.45, 2.75) is 13.5 Å². The lowest BCUT2D eigenvalue weighted by Gasteiger charge is -2.09. The van der Waals surface area contributed by atoms with Gasteiger partial charge in [-0.05, 0) is 59.5 Å². The molecule has 0 atom stereocenters. The number of hydrogen-bond donors (Lipinski definition) is 1. The maximum absolute atomic E-state index is 13.1. The minimum absolute atomic E-state index is 0.220. The molecule has 10 heteroatoms. The summed E-state index contributed by atoms with van der Waals surface area (Å²) >= 11 is 6.56. The molecule has 5 rings (SSSR count). The standard InChI is InChI=1S/C28H20ClF2N3O4/c1-15-3-9-19(11-20(15)26(36)37-2)38-28-32-23-12-21(22(29)13-24(23)33-28)17-6-4-16(5-7-17)18-8-10-25(35)34(14-18)27(30)31/h3-14,27H,1-2H3,(H,32,33). The molecule has 2 heterocycles. The van der Waals surface area contributed by atoms with E-state index in [1.807, 2.05) is 18.2 Å². The largest absolute Gasteiger partial charge is 0.465 e. The minimum Gasteiger partial charge on any atom is -0.465 e. The van der Waals surface area contributed by atoms with Crippen LogP contribution in [-0.4, -0.2) is 27.6 Å². The zero-order chi connectivity index (χ0) is 27.0. The summed E-state index contributed by atoms with van der Waals surface area (Å²) in [5.41, 5.74) is 4.29. The van der Waals surface area contributed by atoms with Crippen molar-refractivity contribution in [3.8, 4) is 34.0 Å². The minimum atomic E-state index is -2.92. The molecule has 5 aromatic rings. The Labute approximate surface area is 220 Å². The number of halogens is 3. The van der Waals surface area contributed by atoms with Crippen LogP contribution in [0, 0.1) is 6.92 Å². The molecular formula is C28H20ClF2N3O4. The number of carbonyl (C=O) groups is 1. The smallest absolute Gasteiger partial charge is 0.338 e. The van der Waals surface area contributed by atoms with Crippen molar-refractivity contribution in [1.29, 1.82) is 0 Å². The Morgan fingerprint density at radius 3 is 2.42 bits per heavy atom. The number of aromatic amines is 1. The van der Waals surface area contributed by atoms with E-state index in [0.29, 0.717) is 48.6 Å². The number of H-pyrrole nitrogens is 1. The number of aromatic nitrogens is 3. The van der Waals surface area contributed by atoms with E-state index in [0.717, 1.165) is 23.4 Å². The van der Waals surface area contributed by atoms with E-state index in [9.17, 15) is 18.4 Å². The number of rotatable bonds is 6. The number of fused-ring (bicyclic) bond motifs is 1. The summed E-state index contributed by atoms with van der Waals surface area (Å²) < 4.78 is 37.2. The van der Waals surface area contributed by atoms with Crippen LogP contribution < -0.4 is 10.3 Å². The van der Waals surface area contributed by atoms with E-state index in [1.54, 1.807) is 43.3 Å². The van der Waals surface area contributed by atoms with Crippen LogP contribution in [0.25, 0.3) is 33.3 Å². The van der Waals surface area contributed by atoms with Crippen LogP contribution in [0.1, 0.15) is 22.5 Å². The van der Waals surface area contributed by atoms with E-state index in [1.165, 1.54) is 13.2 Å². The van der Waals surface area contributed by atoms with Gasteiger partial charge in [0.25, 0.3) is 11.6 Å². The average molecular weight is 536 g/mol. The maximum Gasteiger partial charge on any atom is 0.338 e. The summed E-state index contributed by atoms with van der Waals surface area (Å²) in [7, 11) is 1.32. The quantitative estimate of drug-likeness (QED) is 0.237. The topological polar surface area (TPSA) is 86.2 Å². The van der Waals surface area contributed by atoms with Gasteiger partial charge in [-0.25, -0.2) is 4.79 Å². The van der Waals surface area contributed by atoms with E-state index in [-0.39, 0.29) is 6.01 Å². The molecule has 0 radical (unpaired) electrons. The Morgan fingerprint density at radius 1 is 1.00 bits per heavy atom. The Balaban J connectivity index is 1.43. The van der Waals surface area contributed by atoms with E-state index in [4.69, 9.17) is 21.1 Å². The second-order valence-corrected chi connectivity index (χ2v) is 8.89. The van der Waals surface area contributed by atoms with Gasteiger partial charge in [0.15, 0.2) is 0 Å². The summed E-state index contributed by atoms with van der Waals surface area (Å²) in [6.45, 7) is -1.12. The first-order valence-corrected chi connectivity index (χ1v) is 11.8. The van der Waals surface area contributed by atoms with E-state index < -0.39 is 18.1 Å². The van der Waals surface area contributed by atoms with Gasteiger partial charge in [0, 0.05) is 17.8 Å². The monoisotopic (exact) mass is 535 g/mol. The Morgan fingerprint density at radius 2 is 1.71 bits per heavy atom. The summed E-state index contributed by atoms with van der Waals surface area (Å²) in [4.78, 5) is 31.2. The molecule has 0 amide bonds. The second kappa shape index (κ2) is 10.1. The Kier molecular flexibility index (Phi) is 6.69. The predicted molar refractivity (Wildman–Crippen MR) is 140 cm³/mol. The van der Waals surface area contributed by atoms with Crippen LogP contribution in [-0.2, 0) is 4.74 Å². The third kappa shape index (κ3) is 4.88. The number of imidazole rings is 1. The zero-order valence-corrected chi connectivity index (χ0v) is 20.9. The highest BCUT2D eigenvalue weighted by Gasteiger charge is 2.15. The Bertz CT molecular complexity index is 1730. The van der Waals surface area contributed by atoms with Crippen LogP contribution >= 0.6 is 11.6 Å². The number of benzene rings is 3. The molecule has 38 heavy (non-hydrogen) atoms. The molecule has 0 spiro atoms. The SMILES string of the molecule is COC(=O)c1cc(Oc2nc3cc(-c4ccc(-c5ccc(=O)n(C(F)F)c5)cc4)c(Cl)cc3[nH]2)ccc1C. The Hall–Kier alpha value is -4.50. The van der Waals surface area contributed by atoms with Gasteiger partial charge in [0.05, 0.1) is 28.7 Å². The highest BCUT2D eigenvalue weighted by atomic mass is 35.5. The maximum atomic E-state index is 13.1. The fourth-order valence-electron chi connectivity index (χ4n) is 4.05. The van der Waals surface area contributed by atoms with Gasteiger partial charge in [-0.3, -0.25) is 9.36 Å². The number of carbonyl (C=O) groups excluding carboxylic acids is 1. The van der Waals surface area contributed by atoms with Crippen molar-refractivity contribution in [1.82, 2.24) is 14.5 Å². The third-order valence-electron chi connectivity index (χ3n) is 6.06. The van der Waals surface area contributed by atoms with E-state index in [2.05, 4.69) is 9.97 Å². The molecule has 1 N–H and O–H groups in total. The molecule has 192 valence electrons. The summed E-state index contributed by atoms with van der Waals surface area (Å²) in [5, 5.41) is 0.468. The number of methoxy groups -OCH3 is 1. The van der Waals surface area contributed by atoms with Gasteiger partial charge >= 0.3 is 12.5 Å². The lowest BCUT2D eigenvalue weighted by atomic mass is 10.0. The fourth-order valence-corrected chi connectivity index (χ4v) is 4.32. The van der Waals surface area contributed by atoms with Crippen LogP contribution in [0.3, 0.4) is 0 Å². The number of nitrogens with zero attached hydrogens (tertiary/aromatic N) is 2. The third-order valence-corrected chi connectivity index (χ3v) is 6.37. The van der Waals surface area contributed by atoms with Gasteiger partial charge in [-0.2, -0.15) is 13.8 Å². The average Bonchev–Trinajstić information content (AvgIpc) is 3.30. The molecule has 2 aromatic heterocycles. The predicted octanol–water partition coefficient (Wildman–Crippen LogP) is 6.99. The van der Waals surface area contributed by atoms with Gasteiger partial charge in [-0.15, -0.1) is 0 Å². The van der Waals surface area contributed by atoms with Gasteiger partial charge in [-0.1, -0.05) is 41.9 Å². The molecule has 0 aliphatic heterocycles. The summed E-state index contributed by atoms with van der Waals surface area (Å²) in [6, 6.07) is 18.6. The molecular weight excluding hydrogens is 516 g/mol. The highest BCUT2D eigenvalue weighted by Crippen LogP contribution is 2.34. The zero-order valence-electron chi connectivity index (χ0n) is 20.2. The first-order chi connectivity index (χ1) is 18.2. The number of pyridine rings is 1. The van der Waals surface area contributed by atoms with Crippen LogP contribution in [0.2, 0.25) is 5.02 Å². The number of nitrogens with one attached hydrogen (secondary N) is 1. The number of ether oxygens (including phenoxy) is 2. The summed E-state index contributed by atoms with van der Waals surface area (Å²) in [6.07, 6.45) is 1.13. The normalized spacial score (nSPS) is 11.2. The number of esters is 1. The van der Waals surface area contributed by atoms with Crippen molar-refractivity contribution < 1.29 is 23.0 Å². The van der Waals surface area contributed by atoms with Gasteiger partial charge in [0.1, 0.15) is 5.75 Å². The van der Waals surface area contributed by atoms with Crippen molar-refractivity contribution >= 4 is 28.6 Å². The molecule has 3 aromatic carbocycles.